The zero-order chi connectivity index (χ0) is 14.5. The molecule has 0 aromatic rings. The molecule has 0 saturated heterocycles. The molecule has 0 aromatic heterocycles. The van der Waals surface area contributed by atoms with Crippen LogP contribution in [0.5, 0.6) is 0 Å². The molecule has 5 heteroatoms. The van der Waals surface area contributed by atoms with E-state index in [9.17, 15) is 9.59 Å². The molecule has 2 amide bonds. The van der Waals surface area contributed by atoms with E-state index in [0.717, 1.165) is 25.8 Å². The van der Waals surface area contributed by atoms with Crippen LogP contribution in [0.3, 0.4) is 0 Å². The molecule has 0 unspecified atom stereocenters. The molecule has 112 valence electrons. The quantitative estimate of drug-likeness (QED) is 0.837. The standard InChI is InChI=1S/C15H25N3O2/c1-11(2)9-10-18(12-5-3-4-6-12)15(20)13-7-8-14(19)17-16-13/h11-12H,3-10H2,1-2H3,(H,17,19). The van der Waals surface area contributed by atoms with Gasteiger partial charge in [0, 0.05) is 25.4 Å². The Morgan fingerprint density at radius 1 is 1.35 bits per heavy atom. The van der Waals surface area contributed by atoms with Gasteiger partial charge in [-0.1, -0.05) is 26.7 Å². The van der Waals surface area contributed by atoms with Gasteiger partial charge < -0.3 is 4.90 Å². The Bertz CT molecular complexity index is 398. The summed E-state index contributed by atoms with van der Waals surface area (Å²) in [6, 6.07) is 0.363. The number of carbonyl (C=O) groups excluding carboxylic acids is 2. The van der Waals surface area contributed by atoms with Crippen molar-refractivity contribution >= 4 is 17.5 Å². The lowest BCUT2D eigenvalue weighted by molar-refractivity contribution is -0.126. The van der Waals surface area contributed by atoms with Crippen LogP contribution in [0.2, 0.25) is 0 Å². The molecule has 0 atom stereocenters. The van der Waals surface area contributed by atoms with Gasteiger partial charge in [-0.2, -0.15) is 5.10 Å². The molecule has 1 N–H and O–H groups in total. The Balaban J connectivity index is 2.04. The zero-order valence-electron chi connectivity index (χ0n) is 12.5. The van der Waals surface area contributed by atoms with Gasteiger partial charge in [0.25, 0.3) is 5.91 Å². The van der Waals surface area contributed by atoms with Crippen molar-refractivity contribution in [3.05, 3.63) is 0 Å². The van der Waals surface area contributed by atoms with Crippen LogP contribution in [-0.4, -0.2) is 35.0 Å². The topological polar surface area (TPSA) is 61.8 Å². The molecule has 2 rings (SSSR count). The minimum absolute atomic E-state index is 0.0255. The lowest BCUT2D eigenvalue weighted by atomic mass is 10.1. The van der Waals surface area contributed by atoms with E-state index in [1.807, 2.05) is 4.90 Å². The van der Waals surface area contributed by atoms with E-state index in [0.29, 0.717) is 30.5 Å². The number of rotatable bonds is 5. The maximum Gasteiger partial charge on any atom is 0.270 e. The molecule has 1 fully saturated rings. The number of hydrogen-bond donors (Lipinski definition) is 1. The van der Waals surface area contributed by atoms with Gasteiger partial charge >= 0.3 is 0 Å². The van der Waals surface area contributed by atoms with Crippen molar-refractivity contribution in [1.82, 2.24) is 10.3 Å². The second-order valence-corrected chi connectivity index (χ2v) is 6.21. The van der Waals surface area contributed by atoms with Crippen molar-refractivity contribution in [3.63, 3.8) is 0 Å². The number of hydrogen-bond acceptors (Lipinski definition) is 3. The molecule has 5 nitrogen and oxygen atoms in total. The number of hydrazone groups is 1. The summed E-state index contributed by atoms with van der Waals surface area (Å²) in [6.45, 7) is 5.15. The largest absolute Gasteiger partial charge is 0.335 e. The van der Waals surface area contributed by atoms with E-state index >= 15 is 0 Å². The predicted octanol–water partition coefficient (Wildman–Crippen LogP) is 2.07. The van der Waals surface area contributed by atoms with Gasteiger partial charge in [-0.05, 0) is 25.2 Å². The highest BCUT2D eigenvalue weighted by molar-refractivity contribution is 6.39. The zero-order valence-corrected chi connectivity index (χ0v) is 12.5. The normalized spacial score (nSPS) is 19.9. The summed E-state index contributed by atoms with van der Waals surface area (Å²) >= 11 is 0. The maximum absolute atomic E-state index is 12.6. The third kappa shape index (κ3) is 3.81. The Labute approximate surface area is 120 Å². The molecule has 0 radical (unpaired) electrons. The second-order valence-electron chi connectivity index (χ2n) is 6.21. The van der Waals surface area contributed by atoms with Crippen molar-refractivity contribution in [2.45, 2.75) is 64.8 Å². The summed E-state index contributed by atoms with van der Waals surface area (Å²) in [5, 5.41) is 3.96. The van der Waals surface area contributed by atoms with Crippen LogP contribution in [0, 0.1) is 5.92 Å². The Kier molecular flexibility index (Phi) is 5.15. The summed E-state index contributed by atoms with van der Waals surface area (Å²) in [5.41, 5.74) is 2.94. The van der Waals surface area contributed by atoms with Gasteiger partial charge in [0.05, 0.1) is 0 Å². The Morgan fingerprint density at radius 2 is 2.05 bits per heavy atom. The van der Waals surface area contributed by atoms with Gasteiger partial charge in [0.2, 0.25) is 5.91 Å². The monoisotopic (exact) mass is 279 g/mol. The summed E-state index contributed by atoms with van der Waals surface area (Å²) in [4.78, 5) is 25.8. The molecule has 0 spiro atoms. The molecule has 0 bridgehead atoms. The summed E-state index contributed by atoms with van der Waals surface area (Å²) in [5.74, 6) is 0.508. The first-order valence-electron chi connectivity index (χ1n) is 7.74. The van der Waals surface area contributed by atoms with Crippen LogP contribution < -0.4 is 5.43 Å². The van der Waals surface area contributed by atoms with Gasteiger partial charge in [-0.25, -0.2) is 5.43 Å². The van der Waals surface area contributed by atoms with Gasteiger partial charge in [0.15, 0.2) is 0 Å². The van der Waals surface area contributed by atoms with E-state index in [-0.39, 0.29) is 11.8 Å². The Hall–Kier alpha value is -1.39. The molecule has 0 aromatic carbocycles. The van der Waals surface area contributed by atoms with Crippen LogP contribution >= 0.6 is 0 Å². The minimum atomic E-state index is -0.101. The average Bonchev–Trinajstić information content (AvgIpc) is 2.93. The lowest BCUT2D eigenvalue weighted by Crippen LogP contribution is -2.45. The van der Waals surface area contributed by atoms with E-state index in [2.05, 4.69) is 24.4 Å². The number of nitrogens with one attached hydrogen (secondary N) is 1. The van der Waals surface area contributed by atoms with Gasteiger partial charge in [-0.3, -0.25) is 9.59 Å². The first-order chi connectivity index (χ1) is 9.58. The molecule has 1 aliphatic carbocycles. The van der Waals surface area contributed by atoms with E-state index in [1.54, 1.807) is 0 Å². The van der Waals surface area contributed by atoms with Crippen LogP contribution in [0.25, 0.3) is 0 Å². The fourth-order valence-corrected chi connectivity index (χ4v) is 2.86. The van der Waals surface area contributed by atoms with E-state index < -0.39 is 0 Å². The highest BCUT2D eigenvalue weighted by Gasteiger charge is 2.30. The summed E-state index contributed by atoms with van der Waals surface area (Å²) < 4.78 is 0. The molecule has 1 saturated carbocycles. The maximum atomic E-state index is 12.6. The molecule has 1 heterocycles. The van der Waals surface area contributed by atoms with Crippen molar-refractivity contribution in [2.24, 2.45) is 11.0 Å². The van der Waals surface area contributed by atoms with Crippen LogP contribution in [0.4, 0.5) is 0 Å². The summed E-state index contributed by atoms with van der Waals surface area (Å²) in [7, 11) is 0. The van der Waals surface area contributed by atoms with Crippen LogP contribution in [0.15, 0.2) is 5.10 Å². The number of carbonyl (C=O) groups is 2. The van der Waals surface area contributed by atoms with E-state index in [1.165, 1.54) is 12.8 Å². The van der Waals surface area contributed by atoms with Gasteiger partial charge in [-0.15, -0.1) is 0 Å². The Morgan fingerprint density at radius 3 is 2.60 bits per heavy atom. The highest BCUT2D eigenvalue weighted by atomic mass is 16.2. The third-order valence-electron chi connectivity index (χ3n) is 4.12. The first-order valence-corrected chi connectivity index (χ1v) is 7.74. The van der Waals surface area contributed by atoms with Gasteiger partial charge in [0.1, 0.15) is 5.71 Å². The van der Waals surface area contributed by atoms with E-state index in [4.69, 9.17) is 0 Å². The first kappa shape index (κ1) is 15.0. The molecule has 20 heavy (non-hydrogen) atoms. The number of amides is 2. The van der Waals surface area contributed by atoms with Crippen LogP contribution in [0.1, 0.15) is 58.8 Å². The van der Waals surface area contributed by atoms with Crippen molar-refractivity contribution in [2.75, 3.05) is 6.54 Å². The van der Waals surface area contributed by atoms with Crippen molar-refractivity contribution < 1.29 is 9.59 Å². The fourth-order valence-electron chi connectivity index (χ4n) is 2.86. The molecule has 1 aliphatic heterocycles. The smallest absolute Gasteiger partial charge is 0.270 e. The van der Waals surface area contributed by atoms with Crippen LogP contribution in [-0.2, 0) is 9.59 Å². The fraction of sp³-hybridized carbons (Fsp3) is 0.800. The van der Waals surface area contributed by atoms with Crippen molar-refractivity contribution in [1.29, 1.82) is 0 Å². The second kappa shape index (κ2) is 6.86. The average molecular weight is 279 g/mol. The van der Waals surface area contributed by atoms with Crippen molar-refractivity contribution in [3.8, 4) is 0 Å². The minimum Gasteiger partial charge on any atom is -0.335 e. The molecular formula is C15H25N3O2. The summed E-state index contributed by atoms with van der Waals surface area (Å²) in [6.07, 6.45) is 6.47. The predicted molar refractivity (Wildman–Crippen MR) is 78.2 cm³/mol. The number of nitrogens with zero attached hydrogens (tertiary/aromatic N) is 2. The SMILES string of the molecule is CC(C)CCN(C(=O)C1=NNC(=O)CC1)C1CCCC1. The third-order valence-corrected chi connectivity index (χ3v) is 4.12. The lowest BCUT2D eigenvalue weighted by Gasteiger charge is -2.30. The molecule has 2 aliphatic rings. The highest BCUT2D eigenvalue weighted by Crippen LogP contribution is 2.25. The molecular weight excluding hydrogens is 254 g/mol.